The minimum atomic E-state index is -0.187. The van der Waals surface area contributed by atoms with Gasteiger partial charge in [-0.25, -0.2) is 0 Å². The summed E-state index contributed by atoms with van der Waals surface area (Å²) in [5.74, 6) is 0. The molecule has 0 fully saturated rings. The molecule has 0 radical (unpaired) electrons. The summed E-state index contributed by atoms with van der Waals surface area (Å²) in [6.07, 6.45) is 0. The van der Waals surface area contributed by atoms with Crippen LogP contribution in [0.15, 0.2) is 30.3 Å². The van der Waals surface area contributed by atoms with Crippen molar-refractivity contribution in [3.05, 3.63) is 68.2 Å². The van der Waals surface area contributed by atoms with Crippen LogP contribution in [0.4, 0.5) is 0 Å². The fourth-order valence-corrected chi connectivity index (χ4v) is 3.09. The van der Waals surface area contributed by atoms with Gasteiger partial charge in [0.2, 0.25) is 0 Å². The second-order valence-corrected chi connectivity index (χ2v) is 6.10. The SMILES string of the molecule is Cc1cc(C(Cl)c2ccc(Cl)cc2C)c(C)cc1Cl. The summed E-state index contributed by atoms with van der Waals surface area (Å²) in [6.45, 7) is 6.04. The summed E-state index contributed by atoms with van der Waals surface area (Å²) in [5.41, 5.74) is 5.41. The Balaban J connectivity index is 2.49. The van der Waals surface area contributed by atoms with Crippen LogP contribution in [0, 0.1) is 20.8 Å². The fraction of sp³-hybridized carbons (Fsp3) is 0.250. The molecule has 0 heterocycles. The second kappa shape index (κ2) is 5.75. The summed E-state index contributed by atoms with van der Waals surface area (Å²) in [7, 11) is 0. The van der Waals surface area contributed by atoms with Crippen molar-refractivity contribution in [1.82, 2.24) is 0 Å². The topological polar surface area (TPSA) is 0 Å². The van der Waals surface area contributed by atoms with Crippen LogP contribution in [0.25, 0.3) is 0 Å². The first-order valence-electron chi connectivity index (χ1n) is 6.07. The van der Waals surface area contributed by atoms with Gasteiger partial charge in [0.15, 0.2) is 0 Å². The standard InChI is InChI=1S/C16H15Cl3/c1-9-6-12(17)4-5-13(9)16(19)14-7-11(3)15(18)8-10(14)2/h4-8,16H,1-3H3. The van der Waals surface area contributed by atoms with Gasteiger partial charge in [-0.3, -0.25) is 0 Å². The van der Waals surface area contributed by atoms with E-state index in [0.29, 0.717) is 0 Å². The maximum Gasteiger partial charge on any atom is 0.0840 e. The van der Waals surface area contributed by atoms with Gasteiger partial charge in [0, 0.05) is 10.0 Å². The molecule has 1 unspecified atom stereocenters. The van der Waals surface area contributed by atoms with Crippen LogP contribution in [0.1, 0.15) is 33.2 Å². The van der Waals surface area contributed by atoms with Gasteiger partial charge >= 0.3 is 0 Å². The first kappa shape index (κ1) is 14.7. The number of rotatable bonds is 2. The summed E-state index contributed by atoms with van der Waals surface area (Å²) >= 11 is 18.7. The van der Waals surface area contributed by atoms with Crippen molar-refractivity contribution in [2.75, 3.05) is 0 Å². The molecule has 1 atom stereocenters. The monoisotopic (exact) mass is 312 g/mol. The zero-order chi connectivity index (χ0) is 14.2. The van der Waals surface area contributed by atoms with Crippen LogP contribution in [0.2, 0.25) is 10.0 Å². The first-order chi connectivity index (χ1) is 8.90. The van der Waals surface area contributed by atoms with Crippen LogP contribution in [0.5, 0.6) is 0 Å². The molecule has 0 saturated heterocycles. The highest BCUT2D eigenvalue weighted by Crippen LogP contribution is 2.35. The van der Waals surface area contributed by atoms with Gasteiger partial charge in [0.1, 0.15) is 0 Å². The maximum absolute atomic E-state index is 6.63. The molecule has 2 aromatic rings. The fourth-order valence-electron chi connectivity index (χ4n) is 2.17. The molecule has 2 aromatic carbocycles. The summed E-state index contributed by atoms with van der Waals surface area (Å²) in [6, 6.07) is 9.82. The molecule has 0 N–H and O–H groups in total. The van der Waals surface area contributed by atoms with Crippen LogP contribution in [-0.4, -0.2) is 0 Å². The Morgan fingerprint density at radius 1 is 0.789 bits per heavy atom. The zero-order valence-corrected chi connectivity index (χ0v) is 13.4. The molecule has 100 valence electrons. The Morgan fingerprint density at radius 2 is 1.42 bits per heavy atom. The highest BCUT2D eigenvalue weighted by atomic mass is 35.5. The Kier molecular flexibility index (Phi) is 4.45. The minimum absolute atomic E-state index is 0.187. The predicted octanol–water partition coefficient (Wildman–Crippen LogP) is 6.25. The average Bonchev–Trinajstić information content (AvgIpc) is 2.33. The molecule has 19 heavy (non-hydrogen) atoms. The highest BCUT2D eigenvalue weighted by Gasteiger charge is 2.16. The van der Waals surface area contributed by atoms with Crippen molar-refractivity contribution in [1.29, 1.82) is 0 Å². The van der Waals surface area contributed by atoms with Crippen molar-refractivity contribution < 1.29 is 0 Å². The molecule has 0 aliphatic carbocycles. The van der Waals surface area contributed by atoms with E-state index < -0.39 is 0 Å². The van der Waals surface area contributed by atoms with Gasteiger partial charge in [-0.15, -0.1) is 11.6 Å². The molecular weight excluding hydrogens is 299 g/mol. The third-order valence-corrected chi connectivity index (χ3v) is 4.44. The van der Waals surface area contributed by atoms with E-state index in [1.54, 1.807) is 0 Å². The predicted molar refractivity (Wildman–Crippen MR) is 84.8 cm³/mol. The number of hydrogen-bond acceptors (Lipinski definition) is 0. The quantitative estimate of drug-likeness (QED) is 0.575. The van der Waals surface area contributed by atoms with Crippen molar-refractivity contribution in [2.45, 2.75) is 26.1 Å². The molecule has 3 heteroatoms. The largest absolute Gasteiger partial charge is 0.113 e. The molecule has 0 nitrogen and oxygen atoms in total. The van der Waals surface area contributed by atoms with E-state index in [4.69, 9.17) is 34.8 Å². The van der Waals surface area contributed by atoms with Crippen LogP contribution < -0.4 is 0 Å². The molecule has 0 bridgehead atoms. The number of halogens is 3. The van der Waals surface area contributed by atoms with Crippen LogP contribution >= 0.6 is 34.8 Å². The van der Waals surface area contributed by atoms with Crippen molar-refractivity contribution >= 4 is 34.8 Å². The third kappa shape index (κ3) is 3.08. The van der Waals surface area contributed by atoms with Gasteiger partial charge in [-0.05, 0) is 66.8 Å². The van der Waals surface area contributed by atoms with Crippen molar-refractivity contribution in [3.8, 4) is 0 Å². The van der Waals surface area contributed by atoms with E-state index in [0.717, 1.165) is 37.9 Å². The molecule has 2 rings (SSSR count). The number of alkyl halides is 1. The van der Waals surface area contributed by atoms with Gasteiger partial charge < -0.3 is 0 Å². The van der Waals surface area contributed by atoms with Gasteiger partial charge in [-0.1, -0.05) is 35.3 Å². The van der Waals surface area contributed by atoms with Crippen molar-refractivity contribution in [3.63, 3.8) is 0 Å². The van der Waals surface area contributed by atoms with E-state index in [-0.39, 0.29) is 5.38 Å². The molecule has 0 aromatic heterocycles. The minimum Gasteiger partial charge on any atom is -0.113 e. The Hall–Kier alpha value is -0.690. The Bertz CT molecular complexity index is 618. The molecule has 0 aliphatic rings. The molecule has 0 aliphatic heterocycles. The lowest BCUT2D eigenvalue weighted by atomic mass is 9.95. The summed E-state index contributed by atoms with van der Waals surface area (Å²) < 4.78 is 0. The lowest BCUT2D eigenvalue weighted by molar-refractivity contribution is 1.08. The Labute approximate surface area is 129 Å². The van der Waals surface area contributed by atoms with Crippen molar-refractivity contribution in [2.24, 2.45) is 0 Å². The number of hydrogen-bond donors (Lipinski definition) is 0. The lowest BCUT2D eigenvalue weighted by Gasteiger charge is -2.17. The number of benzene rings is 2. The summed E-state index contributed by atoms with van der Waals surface area (Å²) in [4.78, 5) is 0. The van der Waals surface area contributed by atoms with Gasteiger partial charge in [0.05, 0.1) is 5.38 Å². The van der Waals surface area contributed by atoms with Gasteiger partial charge in [0.25, 0.3) is 0 Å². The molecule has 0 saturated carbocycles. The third-order valence-electron chi connectivity index (χ3n) is 3.33. The smallest absolute Gasteiger partial charge is 0.0840 e. The first-order valence-corrected chi connectivity index (χ1v) is 7.26. The van der Waals surface area contributed by atoms with E-state index in [1.165, 1.54) is 0 Å². The number of aryl methyl sites for hydroxylation is 3. The lowest BCUT2D eigenvalue weighted by Crippen LogP contribution is -2.00. The van der Waals surface area contributed by atoms with Crippen LogP contribution in [0.3, 0.4) is 0 Å². The van der Waals surface area contributed by atoms with E-state index in [1.807, 2.05) is 45.0 Å². The van der Waals surface area contributed by atoms with E-state index in [9.17, 15) is 0 Å². The summed E-state index contributed by atoms with van der Waals surface area (Å²) in [5, 5.41) is 1.32. The van der Waals surface area contributed by atoms with Crippen LogP contribution in [-0.2, 0) is 0 Å². The molecule has 0 spiro atoms. The average molecular weight is 314 g/mol. The zero-order valence-electron chi connectivity index (χ0n) is 11.1. The molecule has 0 amide bonds. The second-order valence-electron chi connectivity index (χ2n) is 4.82. The normalized spacial score (nSPS) is 12.5. The maximum atomic E-state index is 6.63. The molecular formula is C16H15Cl3. The Morgan fingerprint density at radius 3 is 2.05 bits per heavy atom. The highest BCUT2D eigenvalue weighted by molar-refractivity contribution is 6.31. The van der Waals surface area contributed by atoms with Gasteiger partial charge in [-0.2, -0.15) is 0 Å². The van der Waals surface area contributed by atoms with E-state index >= 15 is 0 Å². The van der Waals surface area contributed by atoms with E-state index in [2.05, 4.69) is 6.07 Å².